The van der Waals surface area contributed by atoms with E-state index in [1.807, 2.05) is 74.0 Å². The van der Waals surface area contributed by atoms with Crippen molar-refractivity contribution in [1.82, 2.24) is 0 Å². The van der Waals surface area contributed by atoms with Crippen LogP contribution in [0.3, 0.4) is 0 Å². The molecule has 0 atom stereocenters. The van der Waals surface area contributed by atoms with Gasteiger partial charge in [0.15, 0.2) is 0 Å². The average Bonchev–Trinajstić information content (AvgIpc) is 3.29. The van der Waals surface area contributed by atoms with Crippen molar-refractivity contribution in [3.05, 3.63) is 69.7 Å². The molecule has 0 spiro atoms. The van der Waals surface area contributed by atoms with Gasteiger partial charge >= 0.3 is 5.97 Å². The molecule has 2 aromatic heterocycles. The van der Waals surface area contributed by atoms with Crippen molar-refractivity contribution in [2.75, 3.05) is 5.32 Å². The summed E-state index contributed by atoms with van der Waals surface area (Å²) in [6.07, 6.45) is 3.21. The summed E-state index contributed by atoms with van der Waals surface area (Å²) in [5.74, 6) is -0.746. The summed E-state index contributed by atoms with van der Waals surface area (Å²) in [6.45, 7) is 5.46. The molecule has 3 aromatic rings. The number of esters is 1. The Morgan fingerprint density at radius 2 is 1.79 bits per heavy atom. The van der Waals surface area contributed by atoms with E-state index in [1.165, 1.54) is 17.4 Å². The Balaban J connectivity index is 1.91. The molecular weight excluding hydrogens is 390 g/mol. The quantitative estimate of drug-likeness (QED) is 0.409. The first kappa shape index (κ1) is 20.0. The zero-order chi connectivity index (χ0) is 20.1. The Bertz CT molecular complexity index is 981. The topological polar surface area (TPSA) is 55.4 Å². The van der Waals surface area contributed by atoms with Crippen LogP contribution in [0.15, 0.2) is 59.3 Å². The molecule has 28 heavy (non-hydrogen) atoms. The third-order valence-corrected chi connectivity index (χ3v) is 5.39. The van der Waals surface area contributed by atoms with E-state index in [1.54, 1.807) is 17.4 Å². The molecule has 1 aromatic carbocycles. The first-order valence-corrected chi connectivity index (χ1v) is 10.5. The highest BCUT2D eigenvalue weighted by Gasteiger charge is 2.26. The Labute approximate surface area is 172 Å². The minimum Gasteiger partial charge on any atom is -0.456 e. The van der Waals surface area contributed by atoms with Crippen LogP contribution < -0.4 is 5.32 Å². The van der Waals surface area contributed by atoms with Crippen molar-refractivity contribution >= 4 is 45.6 Å². The summed E-state index contributed by atoms with van der Waals surface area (Å²) in [6, 6.07) is 13.5. The van der Waals surface area contributed by atoms with Crippen LogP contribution in [-0.4, -0.2) is 17.5 Å². The van der Waals surface area contributed by atoms with Gasteiger partial charge in [-0.1, -0.05) is 36.4 Å². The highest BCUT2D eigenvalue weighted by atomic mass is 32.1. The van der Waals surface area contributed by atoms with Crippen molar-refractivity contribution < 1.29 is 14.3 Å². The van der Waals surface area contributed by atoms with Crippen LogP contribution in [-0.2, 0) is 9.53 Å². The predicted molar refractivity (Wildman–Crippen MR) is 117 cm³/mol. The van der Waals surface area contributed by atoms with Gasteiger partial charge in [0.2, 0.25) is 5.91 Å². The van der Waals surface area contributed by atoms with Crippen LogP contribution in [0.25, 0.3) is 17.2 Å². The molecule has 2 heterocycles. The van der Waals surface area contributed by atoms with Crippen LogP contribution in [0.4, 0.5) is 5.00 Å². The van der Waals surface area contributed by atoms with Gasteiger partial charge in [0.1, 0.15) is 16.2 Å². The van der Waals surface area contributed by atoms with E-state index in [0.29, 0.717) is 10.6 Å². The second kappa shape index (κ2) is 8.54. The number of carbonyl (C=O) groups is 2. The number of rotatable bonds is 5. The maximum absolute atomic E-state index is 12.9. The molecule has 1 N–H and O–H groups in total. The molecule has 6 heteroatoms. The molecule has 0 bridgehead atoms. The monoisotopic (exact) mass is 411 g/mol. The number of ether oxygens (including phenoxy) is 1. The molecule has 0 radical (unpaired) electrons. The number of anilines is 1. The molecule has 0 aliphatic heterocycles. The lowest BCUT2D eigenvalue weighted by Crippen LogP contribution is -2.24. The molecule has 0 aliphatic carbocycles. The lowest BCUT2D eigenvalue weighted by molar-refractivity contribution is -0.111. The zero-order valence-electron chi connectivity index (χ0n) is 15.9. The van der Waals surface area contributed by atoms with Crippen molar-refractivity contribution in [1.29, 1.82) is 0 Å². The first-order chi connectivity index (χ1) is 13.3. The van der Waals surface area contributed by atoms with E-state index in [0.717, 1.165) is 16.0 Å². The van der Waals surface area contributed by atoms with Gasteiger partial charge < -0.3 is 10.1 Å². The van der Waals surface area contributed by atoms with Crippen LogP contribution in [0.1, 0.15) is 36.0 Å². The first-order valence-electron chi connectivity index (χ1n) is 8.76. The molecule has 4 nitrogen and oxygen atoms in total. The minimum absolute atomic E-state index is 0.292. The maximum atomic E-state index is 12.9. The van der Waals surface area contributed by atoms with E-state index in [9.17, 15) is 9.59 Å². The molecule has 0 unspecified atom stereocenters. The zero-order valence-corrected chi connectivity index (χ0v) is 17.5. The average molecular weight is 412 g/mol. The van der Waals surface area contributed by atoms with Crippen LogP contribution in [0.2, 0.25) is 0 Å². The maximum Gasteiger partial charge on any atom is 0.342 e. The summed E-state index contributed by atoms with van der Waals surface area (Å²) in [7, 11) is 0. The summed E-state index contributed by atoms with van der Waals surface area (Å²) in [4.78, 5) is 26.2. The molecular formula is C22H21NO3S2. The Kier molecular flexibility index (Phi) is 6.11. The van der Waals surface area contributed by atoms with E-state index < -0.39 is 11.6 Å². The van der Waals surface area contributed by atoms with Gasteiger partial charge in [0, 0.05) is 21.9 Å². The second-order valence-electron chi connectivity index (χ2n) is 7.06. The molecule has 0 saturated heterocycles. The van der Waals surface area contributed by atoms with Crippen LogP contribution >= 0.6 is 22.7 Å². The highest BCUT2D eigenvalue weighted by Crippen LogP contribution is 2.37. The van der Waals surface area contributed by atoms with Crippen LogP contribution in [0, 0.1) is 0 Å². The third kappa shape index (κ3) is 5.18. The van der Waals surface area contributed by atoms with E-state index in [-0.39, 0.29) is 5.91 Å². The van der Waals surface area contributed by atoms with Crippen molar-refractivity contribution in [3.63, 3.8) is 0 Å². The number of nitrogens with one attached hydrogen (secondary N) is 1. The Hall–Kier alpha value is -2.70. The van der Waals surface area contributed by atoms with Gasteiger partial charge in [-0.2, -0.15) is 0 Å². The number of thiophene rings is 2. The Morgan fingerprint density at radius 3 is 2.43 bits per heavy atom. The third-order valence-electron chi connectivity index (χ3n) is 3.66. The fraction of sp³-hybridized carbons (Fsp3) is 0.182. The van der Waals surface area contributed by atoms with Gasteiger partial charge in [0.25, 0.3) is 0 Å². The molecule has 144 valence electrons. The van der Waals surface area contributed by atoms with E-state index in [4.69, 9.17) is 4.74 Å². The second-order valence-corrected chi connectivity index (χ2v) is 8.92. The number of hydrogen-bond acceptors (Lipinski definition) is 5. The Morgan fingerprint density at radius 1 is 1.04 bits per heavy atom. The normalized spacial score (nSPS) is 11.5. The fourth-order valence-electron chi connectivity index (χ4n) is 2.51. The predicted octanol–water partition coefficient (Wildman–Crippen LogP) is 6.08. The van der Waals surface area contributed by atoms with Gasteiger partial charge in [-0.05, 0) is 43.9 Å². The summed E-state index contributed by atoms with van der Waals surface area (Å²) in [5, 5.41) is 7.12. The smallest absolute Gasteiger partial charge is 0.342 e. The lowest BCUT2D eigenvalue weighted by atomic mass is 10.0. The number of carbonyl (C=O) groups excluding carboxylic acids is 2. The SMILES string of the molecule is CC(C)(C)OC(=O)c1c(-c2ccccc2)csc1NC(=O)C=Cc1cccs1. The van der Waals surface area contributed by atoms with Crippen molar-refractivity contribution in [2.45, 2.75) is 26.4 Å². The molecule has 0 saturated carbocycles. The van der Waals surface area contributed by atoms with Crippen molar-refractivity contribution in [2.24, 2.45) is 0 Å². The van der Waals surface area contributed by atoms with Gasteiger partial charge in [-0.3, -0.25) is 4.79 Å². The van der Waals surface area contributed by atoms with Gasteiger partial charge in [0.05, 0.1) is 0 Å². The molecule has 3 rings (SSSR count). The molecule has 1 amide bonds. The minimum atomic E-state index is -0.632. The molecule has 0 aliphatic rings. The number of hydrogen-bond donors (Lipinski definition) is 1. The largest absolute Gasteiger partial charge is 0.456 e. The molecule has 0 fully saturated rings. The van der Waals surface area contributed by atoms with Gasteiger partial charge in [-0.25, -0.2) is 4.79 Å². The highest BCUT2D eigenvalue weighted by molar-refractivity contribution is 7.15. The summed E-state index contributed by atoms with van der Waals surface area (Å²) >= 11 is 2.86. The van der Waals surface area contributed by atoms with Crippen LogP contribution in [0.5, 0.6) is 0 Å². The number of amides is 1. The standard InChI is InChI=1S/C22H21NO3S2/c1-22(2,3)26-21(25)19-17(15-8-5-4-6-9-15)14-28-20(19)23-18(24)12-11-16-10-7-13-27-16/h4-14H,1-3H3,(H,23,24). The number of benzene rings is 1. The van der Waals surface area contributed by atoms with Gasteiger partial charge in [-0.15, -0.1) is 22.7 Å². The van der Waals surface area contributed by atoms with E-state index in [2.05, 4.69) is 5.32 Å². The fourth-order valence-corrected chi connectivity index (χ4v) is 4.09. The lowest BCUT2D eigenvalue weighted by Gasteiger charge is -2.20. The summed E-state index contributed by atoms with van der Waals surface area (Å²) in [5.41, 5.74) is 1.39. The van der Waals surface area contributed by atoms with E-state index >= 15 is 0 Å². The van der Waals surface area contributed by atoms with Crippen molar-refractivity contribution in [3.8, 4) is 11.1 Å². The summed E-state index contributed by atoms with van der Waals surface area (Å²) < 4.78 is 5.59.